The van der Waals surface area contributed by atoms with Crippen LogP contribution in [0, 0.1) is 0 Å². The number of rotatable bonds is 3. The maximum absolute atomic E-state index is 4.63. The largest absolute Gasteiger partial charge is 0.256 e. The van der Waals surface area contributed by atoms with E-state index in [0.29, 0.717) is 6.54 Å². The molecule has 27 heavy (non-hydrogen) atoms. The van der Waals surface area contributed by atoms with Crippen LogP contribution in [0.3, 0.4) is 0 Å². The Morgan fingerprint density at radius 3 is 2.37 bits per heavy atom. The van der Waals surface area contributed by atoms with Gasteiger partial charge in [-0.05, 0) is 23.6 Å². The molecule has 0 fully saturated rings. The van der Waals surface area contributed by atoms with Gasteiger partial charge in [0.05, 0.1) is 10.8 Å². The maximum Gasteiger partial charge on any atom is 0.231 e. The van der Waals surface area contributed by atoms with Gasteiger partial charge in [0.1, 0.15) is 5.22 Å². The first-order valence-corrected chi connectivity index (χ1v) is 8.92. The lowest BCUT2D eigenvalue weighted by Gasteiger charge is -2.05. The molecule has 0 radical (unpaired) electrons. The topological polar surface area (TPSA) is 40.6 Å². The molecule has 4 nitrogen and oxygen atoms in total. The second-order valence-corrected chi connectivity index (χ2v) is 6.53. The molecular formula is C23H17N4+. The minimum Gasteiger partial charge on any atom is -0.256 e. The third-order valence-corrected chi connectivity index (χ3v) is 4.75. The van der Waals surface area contributed by atoms with Crippen LogP contribution < -0.4 is 0 Å². The van der Waals surface area contributed by atoms with Gasteiger partial charge in [-0.25, -0.2) is 0 Å². The fourth-order valence-corrected chi connectivity index (χ4v) is 3.30. The van der Waals surface area contributed by atoms with Crippen LogP contribution in [0.5, 0.6) is 0 Å². The summed E-state index contributed by atoms with van der Waals surface area (Å²) in [5.41, 5.74) is 5.12. The summed E-state index contributed by atoms with van der Waals surface area (Å²) >= 11 is 0. The summed E-state index contributed by atoms with van der Waals surface area (Å²) in [6.07, 6.45) is 1.92. The lowest BCUT2D eigenvalue weighted by molar-refractivity contribution is -0.492. The predicted octanol–water partition coefficient (Wildman–Crippen LogP) is 5.42. The molecule has 0 unspecified atom stereocenters. The number of hydrogen-bond donors (Lipinski definition) is 0. The molecule has 0 saturated heterocycles. The molecule has 0 bridgehead atoms. The Kier molecular flexibility index (Phi) is 3.79. The molecule has 5 rings (SSSR count). The molecule has 4 aromatic rings. The van der Waals surface area contributed by atoms with Gasteiger partial charge in [0.25, 0.3) is 0 Å². The highest BCUT2D eigenvalue weighted by molar-refractivity contribution is 6.01. The number of benzene rings is 3. The van der Waals surface area contributed by atoms with Crippen molar-refractivity contribution in [3.63, 3.8) is 0 Å². The predicted molar refractivity (Wildman–Crippen MR) is 107 cm³/mol. The molecular weight excluding hydrogens is 332 g/mol. The van der Waals surface area contributed by atoms with Crippen LogP contribution in [0.1, 0.15) is 5.56 Å². The van der Waals surface area contributed by atoms with E-state index in [-0.39, 0.29) is 0 Å². The molecule has 1 aliphatic heterocycles. The van der Waals surface area contributed by atoms with Gasteiger partial charge in [-0.3, -0.25) is 4.98 Å². The first-order chi connectivity index (χ1) is 13.4. The van der Waals surface area contributed by atoms with E-state index < -0.39 is 0 Å². The lowest BCUT2D eigenvalue weighted by atomic mass is 10.1. The average molecular weight is 349 g/mol. The first kappa shape index (κ1) is 15.6. The second kappa shape index (κ2) is 6.57. The number of nitrogens with zero attached hydrogens (tertiary/aromatic N) is 4. The molecule has 0 N–H and O–H groups in total. The third kappa shape index (κ3) is 3.02. The Bertz CT molecular complexity index is 1190. The first-order valence-electron chi connectivity index (χ1n) is 8.92. The SMILES string of the molecule is c1ccc(C2=NN=[N+](c3cccc(-c4cc5ccccc5cn4)c3)C2)cc1. The fourth-order valence-electron chi connectivity index (χ4n) is 3.30. The van der Waals surface area contributed by atoms with Crippen molar-refractivity contribution in [2.75, 3.05) is 6.54 Å². The van der Waals surface area contributed by atoms with E-state index in [9.17, 15) is 0 Å². The van der Waals surface area contributed by atoms with Crippen molar-refractivity contribution in [2.45, 2.75) is 0 Å². The zero-order chi connectivity index (χ0) is 18.1. The van der Waals surface area contributed by atoms with Gasteiger partial charge < -0.3 is 0 Å². The van der Waals surface area contributed by atoms with Crippen molar-refractivity contribution in [3.8, 4) is 11.3 Å². The van der Waals surface area contributed by atoms with Crippen LogP contribution in [0.2, 0.25) is 0 Å². The van der Waals surface area contributed by atoms with Gasteiger partial charge in [0, 0.05) is 22.7 Å². The summed E-state index contributed by atoms with van der Waals surface area (Å²) in [6.45, 7) is 0.665. The van der Waals surface area contributed by atoms with Gasteiger partial charge in [-0.2, -0.15) is 0 Å². The van der Waals surface area contributed by atoms with E-state index in [4.69, 9.17) is 0 Å². The summed E-state index contributed by atoms with van der Waals surface area (Å²) in [5, 5.41) is 11.0. The highest BCUT2D eigenvalue weighted by Crippen LogP contribution is 2.26. The molecule has 0 saturated carbocycles. The molecule has 2 heterocycles. The summed E-state index contributed by atoms with van der Waals surface area (Å²) in [6, 6.07) is 28.9. The lowest BCUT2D eigenvalue weighted by Crippen LogP contribution is -2.11. The second-order valence-electron chi connectivity index (χ2n) is 6.53. The highest BCUT2D eigenvalue weighted by Gasteiger charge is 2.23. The molecule has 4 heteroatoms. The van der Waals surface area contributed by atoms with Gasteiger partial charge in [0.15, 0.2) is 12.2 Å². The van der Waals surface area contributed by atoms with Crippen molar-refractivity contribution in [3.05, 3.63) is 96.7 Å². The number of fused-ring (bicyclic) bond motifs is 1. The Morgan fingerprint density at radius 2 is 1.48 bits per heavy atom. The molecule has 0 amide bonds. The van der Waals surface area contributed by atoms with Gasteiger partial charge >= 0.3 is 0 Å². The van der Waals surface area contributed by atoms with Crippen molar-refractivity contribution in [2.24, 2.45) is 10.3 Å². The number of aromatic nitrogens is 1. The van der Waals surface area contributed by atoms with Crippen molar-refractivity contribution in [1.82, 2.24) is 4.98 Å². The van der Waals surface area contributed by atoms with E-state index in [1.807, 2.05) is 47.3 Å². The Balaban J connectivity index is 1.44. The van der Waals surface area contributed by atoms with E-state index >= 15 is 0 Å². The van der Waals surface area contributed by atoms with E-state index in [0.717, 1.165) is 33.6 Å². The summed E-state index contributed by atoms with van der Waals surface area (Å²) < 4.78 is 1.92. The quantitative estimate of drug-likeness (QED) is 0.456. The van der Waals surface area contributed by atoms with Gasteiger partial charge in [-0.1, -0.05) is 66.7 Å². The molecule has 1 aromatic heterocycles. The number of pyridine rings is 1. The van der Waals surface area contributed by atoms with E-state index in [1.54, 1.807) is 0 Å². The molecule has 3 aromatic carbocycles. The Labute approximate surface area is 157 Å². The molecule has 0 spiro atoms. The zero-order valence-electron chi connectivity index (χ0n) is 14.7. The summed E-state index contributed by atoms with van der Waals surface area (Å²) in [4.78, 5) is 4.63. The van der Waals surface area contributed by atoms with Crippen LogP contribution in [0.15, 0.2) is 101 Å². The Morgan fingerprint density at radius 1 is 0.704 bits per heavy atom. The maximum atomic E-state index is 4.63. The fraction of sp³-hybridized carbons (Fsp3) is 0.0435. The smallest absolute Gasteiger partial charge is 0.231 e. The minimum absolute atomic E-state index is 0.665. The van der Waals surface area contributed by atoms with Crippen LogP contribution in [-0.2, 0) is 0 Å². The summed E-state index contributed by atoms with van der Waals surface area (Å²) in [5.74, 6) is 0. The monoisotopic (exact) mass is 349 g/mol. The van der Waals surface area contributed by atoms with Crippen molar-refractivity contribution < 1.29 is 4.70 Å². The Hall–Kier alpha value is -3.66. The zero-order valence-corrected chi connectivity index (χ0v) is 14.7. The standard InChI is InChI=1S/C23H17N4/c1-2-7-17(8-3-1)23-16-27(26-25-23)21-12-6-11-19(13-21)22-14-18-9-4-5-10-20(18)15-24-22/h1-15H,16H2/q+1. The normalized spacial score (nSPS) is 13.5. The van der Waals surface area contributed by atoms with Crippen LogP contribution in [-0.4, -0.2) is 21.9 Å². The molecule has 1 aliphatic rings. The third-order valence-electron chi connectivity index (χ3n) is 4.75. The van der Waals surface area contributed by atoms with Crippen LogP contribution >= 0.6 is 0 Å². The van der Waals surface area contributed by atoms with Gasteiger partial charge in [0.2, 0.25) is 5.71 Å². The minimum atomic E-state index is 0.665. The summed E-state index contributed by atoms with van der Waals surface area (Å²) in [7, 11) is 0. The molecule has 128 valence electrons. The van der Waals surface area contributed by atoms with Crippen LogP contribution in [0.4, 0.5) is 5.69 Å². The van der Waals surface area contributed by atoms with E-state index in [1.165, 1.54) is 5.39 Å². The molecule has 0 atom stereocenters. The number of hydrogen-bond acceptors (Lipinski definition) is 3. The average Bonchev–Trinajstić information content (AvgIpc) is 3.25. The molecule has 0 aliphatic carbocycles. The highest BCUT2D eigenvalue weighted by atomic mass is 15.5. The van der Waals surface area contributed by atoms with E-state index in [2.05, 4.69) is 63.8 Å². The van der Waals surface area contributed by atoms with Crippen molar-refractivity contribution in [1.29, 1.82) is 0 Å². The van der Waals surface area contributed by atoms with Crippen LogP contribution in [0.25, 0.3) is 22.0 Å². The van der Waals surface area contributed by atoms with Gasteiger partial charge in [-0.15, -0.1) is 4.70 Å². The van der Waals surface area contributed by atoms with Crippen molar-refractivity contribution >= 4 is 22.2 Å².